The maximum Gasteiger partial charge on any atom is 0.231 e. The van der Waals surface area contributed by atoms with E-state index in [2.05, 4.69) is 25.9 Å². The lowest BCUT2D eigenvalue weighted by Crippen LogP contribution is -1.94. The van der Waals surface area contributed by atoms with Crippen LogP contribution in [0.4, 0.5) is 4.39 Å². The van der Waals surface area contributed by atoms with Crippen LogP contribution < -0.4 is 4.74 Å². The molecule has 3 rings (SSSR count). The number of halogens is 3. The van der Waals surface area contributed by atoms with Gasteiger partial charge in [-0.15, -0.1) is 0 Å². The molecule has 0 fully saturated rings. The van der Waals surface area contributed by atoms with Gasteiger partial charge in [-0.2, -0.15) is 4.98 Å². The Balaban J connectivity index is 2.13. The second-order valence-corrected chi connectivity index (χ2v) is 5.18. The van der Waals surface area contributed by atoms with Gasteiger partial charge in [-0.25, -0.2) is 9.37 Å². The Hall–Kier alpha value is -1.72. The van der Waals surface area contributed by atoms with Crippen molar-refractivity contribution in [3.8, 4) is 11.6 Å². The Kier molecular flexibility index (Phi) is 3.54. The van der Waals surface area contributed by atoms with E-state index < -0.39 is 5.82 Å². The first-order chi connectivity index (χ1) is 9.63. The zero-order chi connectivity index (χ0) is 14.1. The molecule has 0 radical (unpaired) electrons. The zero-order valence-electron chi connectivity index (χ0n) is 9.98. The third-order valence-electron chi connectivity index (χ3n) is 2.64. The lowest BCUT2D eigenvalue weighted by atomic mass is 10.2. The predicted molar refractivity (Wildman–Crippen MR) is 78.7 cm³/mol. The van der Waals surface area contributed by atoms with Crippen molar-refractivity contribution in [2.24, 2.45) is 0 Å². The normalized spacial score (nSPS) is 10.8. The highest BCUT2D eigenvalue weighted by Gasteiger charge is 2.11. The quantitative estimate of drug-likeness (QED) is 0.610. The van der Waals surface area contributed by atoms with E-state index in [1.807, 2.05) is 18.2 Å². The third kappa shape index (κ3) is 2.59. The van der Waals surface area contributed by atoms with Gasteiger partial charge < -0.3 is 4.74 Å². The number of hydrogen-bond acceptors (Lipinski definition) is 3. The minimum atomic E-state index is -0.396. The van der Waals surface area contributed by atoms with Crippen molar-refractivity contribution >= 4 is 38.4 Å². The Bertz CT molecular complexity index is 797. The summed E-state index contributed by atoms with van der Waals surface area (Å²) in [6.45, 7) is 0. The van der Waals surface area contributed by atoms with Gasteiger partial charge in [-0.05, 0) is 51.8 Å². The highest BCUT2D eigenvalue weighted by Crippen LogP contribution is 2.33. The summed E-state index contributed by atoms with van der Waals surface area (Å²) < 4.78 is 19.6. The molecule has 0 amide bonds. The van der Waals surface area contributed by atoms with E-state index in [9.17, 15) is 4.39 Å². The van der Waals surface area contributed by atoms with Crippen LogP contribution in [0.5, 0.6) is 11.6 Å². The van der Waals surface area contributed by atoms with Crippen molar-refractivity contribution in [1.29, 1.82) is 0 Å². The molecule has 1 aromatic heterocycles. The number of fused-ring (bicyclic) bond motifs is 1. The number of hydrogen-bond donors (Lipinski definition) is 0. The number of nitrogens with zero attached hydrogens (tertiary/aromatic N) is 2. The van der Waals surface area contributed by atoms with Gasteiger partial charge in [0.15, 0.2) is 0 Å². The zero-order valence-corrected chi connectivity index (χ0v) is 12.3. The average molecular weight is 354 g/mol. The van der Waals surface area contributed by atoms with Crippen molar-refractivity contribution < 1.29 is 9.13 Å². The molecule has 0 aliphatic rings. The van der Waals surface area contributed by atoms with Crippen LogP contribution in [0, 0.1) is 5.82 Å². The highest BCUT2D eigenvalue weighted by atomic mass is 79.9. The van der Waals surface area contributed by atoms with E-state index in [1.54, 1.807) is 12.1 Å². The molecule has 6 heteroatoms. The molecule has 1 heterocycles. The van der Waals surface area contributed by atoms with Gasteiger partial charge in [0.1, 0.15) is 11.6 Å². The molecule has 0 atom stereocenters. The second-order valence-electron chi connectivity index (χ2n) is 3.99. The summed E-state index contributed by atoms with van der Waals surface area (Å²) in [6.07, 6.45) is 0. The molecule has 20 heavy (non-hydrogen) atoms. The van der Waals surface area contributed by atoms with Crippen LogP contribution >= 0.6 is 27.5 Å². The fourth-order valence-corrected chi connectivity index (χ4v) is 2.25. The first-order valence-corrected chi connectivity index (χ1v) is 6.86. The molecular formula is C14H7BrClFN2O. The number of rotatable bonds is 2. The number of ether oxygens (including phenoxy) is 1. The standard InChI is InChI=1S/C14H7BrClFN2O/c15-10-6-5-8(17)7-12(10)20-13-9-3-1-2-4-11(9)18-14(16)19-13/h1-7H. The van der Waals surface area contributed by atoms with Crippen molar-refractivity contribution in [2.45, 2.75) is 0 Å². The SMILES string of the molecule is Fc1ccc(Br)c(Oc2nc(Cl)nc3ccccc23)c1. The monoisotopic (exact) mass is 352 g/mol. The minimum Gasteiger partial charge on any atom is -0.437 e. The number of benzene rings is 2. The summed E-state index contributed by atoms with van der Waals surface area (Å²) in [5.41, 5.74) is 0.662. The molecule has 0 bridgehead atoms. The molecular weight excluding hydrogens is 347 g/mol. The highest BCUT2D eigenvalue weighted by molar-refractivity contribution is 9.10. The van der Waals surface area contributed by atoms with Crippen molar-refractivity contribution in [1.82, 2.24) is 9.97 Å². The smallest absolute Gasteiger partial charge is 0.231 e. The van der Waals surface area contributed by atoms with Crippen molar-refractivity contribution in [2.75, 3.05) is 0 Å². The van der Waals surface area contributed by atoms with Gasteiger partial charge in [0.2, 0.25) is 11.2 Å². The first kappa shape index (κ1) is 13.3. The molecule has 0 saturated carbocycles. The number of para-hydroxylation sites is 1. The summed E-state index contributed by atoms with van der Waals surface area (Å²) in [7, 11) is 0. The van der Waals surface area contributed by atoms with Crippen LogP contribution in [0.15, 0.2) is 46.9 Å². The van der Waals surface area contributed by atoms with Gasteiger partial charge in [0.05, 0.1) is 15.4 Å². The molecule has 0 N–H and O–H groups in total. The molecule has 100 valence electrons. The summed E-state index contributed by atoms with van der Waals surface area (Å²) >= 11 is 9.18. The van der Waals surface area contributed by atoms with E-state index in [1.165, 1.54) is 12.1 Å². The van der Waals surface area contributed by atoms with Gasteiger partial charge in [0.25, 0.3) is 0 Å². The van der Waals surface area contributed by atoms with Crippen LogP contribution in [-0.2, 0) is 0 Å². The summed E-state index contributed by atoms with van der Waals surface area (Å²) in [6, 6.07) is 11.5. The van der Waals surface area contributed by atoms with E-state index >= 15 is 0 Å². The molecule has 0 aliphatic heterocycles. The third-order valence-corrected chi connectivity index (χ3v) is 3.47. The average Bonchev–Trinajstić information content (AvgIpc) is 2.43. The molecule has 2 aromatic carbocycles. The topological polar surface area (TPSA) is 35.0 Å². The minimum absolute atomic E-state index is 0.0752. The maximum atomic E-state index is 13.3. The molecule has 3 nitrogen and oxygen atoms in total. The summed E-state index contributed by atoms with van der Waals surface area (Å²) in [4.78, 5) is 8.16. The Morgan fingerprint density at radius 1 is 1.10 bits per heavy atom. The molecule has 3 aromatic rings. The lowest BCUT2D eigenvalue weighted by molar-refractivity contribution is 0.460. The van der Waals surface area contributed by atoms with E-state index in [0.29, 0.717) is 21.1 Å². The Labute approximate surface area is 127 Å². The van der Waals surface area contributed by atoms with Crippen LogP contribution in [0.2, 0.25) is 5.28 Å². The fraction of sp³-hybridized carbons (Fsp3) is 0. The molecule has 0 spiro atoms. The fourth-order valence-electron chi connectivity index (χ4n) is 1.76. The predicted octanol–water partition coefficient (Wildman–Crippen LogP) is 4.98. The summed E-state index contributed by atoms with van der Waals surface area (Å²) in [5, 5.41) is 0.777. The molecule has 0 saturated heterocycles. The largest absolute Gasteiger partial charge is 0.437 e. The second kappa shape index (κ2) is 5.34. The van der Waals surface area contributed by atoms with E-state index in [4.69, 9.17) is 16.3 Å². The van der Waals surface area contributed by atoms with Crippen molar-refractivity contribution in [3.63, 3.8) is 0 Å². The van der Waals surface area contributed by atoms with Gasteiger partial charge in [-0.1, -0.05) is 12.1 Å². The van der Waals surface area contributed by atoms with Crippen LogP contribution in [0.3, 0.4) is 0 Å². The van der Waals surface area contributed by atoms with Gasteiger partial charge in [-0.3, -0.25) is 0 Å². The lowest BCUT2D eigenvalue weighted by Gasteiger charge is -2.09. The summed E-state index contributed by atoms with van der Waals surface area (Å²) in [5.74, 6) is 0.212. The first-order valence-electron chi connectivity index (χ1n) is 5.69. The maximum absolute atomic E-state index is 13.3. The van der Waals surface area contributed by atoms with E-state index in [0.717, 1.165) is 0 Å². The van der Waals surface area contributed by atoms with Crippen molar-refractivity contribution in [3.05, 3.63) is 58.0 Å². The van der Waals surface area contributed by atoms with Crippen LogP contribution in [0.25, 0.3) is 10.9 Å². The Morgan fingerprint density at radius 2 is 1.90 bits per heavy atom. The van der Waals surface area contributed by atoms with Gasteiger partial charge in [0, 0.05) is 6.07 Å². The molecule has 0 aliphatic carbocycles. The van der Waals surface area contributed by atoms with Crippen LogP contribution in [-0.4, -0.2) is 9.97 Å². The number of aromatic nitrogens is 2. The molecule has 0 unspecified atom stereocenters. The Morgan fingerprint density at radius 3 is 2.75 bits per heavy atom. The van der Waals surface area contributed by atoms with E-state index in [-0.39, 0.29) is 11.2 Å². The van der Waals surface area contributed by atoms with Gasteiger partial charge >= 0.3 is 0 Å². The van der Waals surface area contributed by atoms with Crippen LogP contribution in [0.1, 0.15) is 0 Å².